The Hall–Kier alpha value is -3.75. The number of nitrogens with one attached hydrogen (secondary N) is 1. The summed E-state index contributed by atoms with van der Waals surface area (Å²) in [6, 6.07) is 6.41. The molecule has 2 aromatic rings. The van der Waals surface area contributed by atoms with Crippen LogP contribution in [-0.2, 0) is 25.6 Å². The summed E-state index contributed by atoms with van der Waals surface area (Å²) in [5.74, 6) is 0.899. The zero-order chi connectivity index (χ0) is 36.0. The molecule has 2 amide bonds. The van der Waals surface area contributed by atoms with E-state index in [-0.39, 0.29) is 54.0 Å². The molecule has 0 saturated heterocycles. The van der Waals surface area contributed by atoms with Gasteiger partial charge in [0.25, 0.3) is 5.91 Å². The van der Waals surface area contributed by atoms with Crippen molar-refractivity contribution in [2.45, 2.75) is 118 Å². The molecule has 0 spiro atoms. The Morgan fingerprint density at radius 2 is 1.81 bits per heavy atom. The summed E-state index contributed by atoms with van der Waals surface area (Å²) in [5.41, 5.74) is 6.46. The van der Waals surface area contributed by atoms with Gasteiger partial charge in [0.05, 0.1) is 23.1 Å². The molecule has 11 heteroatoms. The standard InChI is InChI=1S/C37H54N4O6S/c1-9-11-12-17-47-41(33(43)18-25(5)10-2)32(24(3)4)21-28(19-26(6)42)35-40-31(23-48-35)34(44)39-30(22-37(7,8)36(45)46)20-27-13-15-29(38)16-14-27/h1,13-16,23-25,28,30,32H,10-12,17-22,38H2,2-8H3,(H,39,44)(H,45,46)/t25-,28+,30-,32+/m0/s1. The van der Waals surface area contributed by atoms with Crippen molar-refractivity contribution in [1.82, 2.24) is 15.4 Å². The van der Waals surface area contributed by atoms with E-state index in [1.165, 1.54) is 23.3 Å². The first-order valence-corrected chi connectivity index (χ1v) is 17.7. The number of hydroxylamine groups is 2. The number of unbranched alkanes of at least 4 members (excludes halogenated alkanes) is 1. The second-order valence-corrected chi connectivity index (χ2v) is 14.7. The van der Waals surface area contributed by atoms with Gasteiger partial charge in [-0.2, -0.15) is 0 Å². The third-order valence-corrected chi connectivity index (χ3v) is 9.54. The first-order chi connectivity index (χ1) is 22.6. The van der Waals surface area contributed by atoms with Gasteiger partial charge < -0.3 is 21.0 Å². The predicted octanol–water partition coefficient (Wildman–Crippen LogP) is 6.65. The fourth-order valence-electron chi connectivity index (χ4n) is 5.43. The molecule has 0 aliphatic carbocycles. The van der Waals surface area contributed by atoms with Gasteiger partial charge in [-0.25, -0.2) is 10.0 Å². The molecule has 0 aliphatic heterocycles. The number of aromatic nitrogens is 1. The van der Waals surface area contributed by atoms with Crippen molar-refractivity contribution in [3.63, 3.8) is 0 Å². The average Bonchev–Trinajstić information content (AvgIpc) is 3.51. The number of carbonyl (C=O) groups is 4. The molecule has 0 radical (unpaired) electrons. The number of ketones is 1. The smallest absolute Gasteiger partial charge is 0.309 e. The summed E-state index contributed by atoms with van der Waals surface area (Å²) >= 11 is 1.29. The summed E-state index contributed by atoms with van der Waals surface area (Å²) in [5, 5.41) is 16.6. The van der Waals surface area contributed by atoms with Crippen LogP contribution in [-0.4, -0.2) is 57.4 Å². The predicted molar refractivity (Wildman–Crippen MR) is 190 cm³/mol. The van der Waals surface area contributed by atoms with Crippen LogP contribution >= 0.6 is 11.3 Å². The summed E-state index contributed by atoms with van der Waals surface area (Å²) in [6.45, 7) is 13.2. The van der Waals surface area contributed by atoms with Crippen LogP contribution in [0.15, 0.2) is 29.6 Å². The van der Waals surface area contributed by atoms with Gasteiger partial charge >= 0.3 is 5.97 Å². The molecule has 0 unspecified atom stereocenters. The lowest BCUT2D eigenvalue weighted by atomic mass is 9.84. The van der Waals surface area contributed by atoms with Gasteiger partial charge in [0, 0.05) is 42.3 Å². The van der Waals surface area contributed by atoms with E-state index in [0.717, 1.165) is 12.0 Å². The number of nitrogens with two attached hydrogens (primary N) is 1. The highest BCUT2D eigenvalue weighted by molar-refractivity contribution is 7.10. The van der Waals surface area contributed by atoms with E-state index in [9.17, 15) is 24.3 Å². The van der Waals surface area contributed by atoms with E-state index < -0.39 is 23.3 Å². The molecule has 4 N–H and O–H groups in total. The molecule has 1 aromatic heterocycles. The number of hydrogen-bond donors (Lipinski definition) is 3. The maximum absolute atomic E-state index is 13.6. The number of benzene rings is 1. The van der Waals surface area contributed by atoms with E-state index >= 15 is 0 Å². The first-order valence-electron chi connectivity index (χ1n) is 16.8. The van der Waals surface area contributed by atoms with Crippen LogP contribution in [0.5, 0.6) is 0 Å². The number of nitrogens with zero attached hydrogens (tertiary/aromatic N) is 2. The number of nitrogen functional groups attached to an aromatic ring is 1. The largest absolute Gasteiger partial charge is 0.481 e. The van der Waals surface area contributed by atoms with Crippen molar-refractivity contribution in [1.29, 1.82) is 0 Å². The summed E-state index contributed by atoms with van der Waals surface area (Å²) in [7, 11) is 0. The minimum atomic E-state index is -1.08. The highest BCUT2D eigenvalue weighted by Gasteiger charge is 2.34. The highest BCUT2D eigenvalue weighted by atomic mass is 32.1. The van der Waals surface area contributed by atoms with Crippen LogP contribution < -0.4 is 11.1 Å². The van der Waals surface area contributed by atoms with Crippen molar-refractivity contribution in [2.75, 3.05) is 12.3 Å². The summed E-state index contributed by atoms with van der Waals surface area (Å²) < 4.78 is 0. The minimum absolute atomic E-state index is 0.00221. The van der Waals surface area contributed by atoms with Gasteiger partial charge in [-0.15, -0.1) is 23.7 Å². The van der Waals surface area contributed by atoms with E-state index in [0.29, 0.717) is 49.4 Å². The number of carboxylic acid groups (broad SMARTS) is 1. The molecular weight excluding hydrogens is 628 g/mol. The molecule has 1 heterocycles. The number of amides is 2. The maximum Gasteiger partial charge on any atom is 0.309 e. The Labute approximate surface area is 290 Å². The van der Waals surface area contributed by atoms with Crippen molar-refractivity contribution in [2.24, 2.45) is 17.3 Å². The van der Waals surface area contributed by atoms with Gasteiger partial charge in [-0.05, 0) is 76.0 Å². The Bertz CT molecular complexity index is 1400. The Morgan fingerprint density at radius 1 is 1.15 bits per heavy atom. The Morgan fingerprint density at radius 3 is 2.38 bits per heavy atom. The molecule has 0 bridgehead atoms. The van der Waals surface area contributed by atoms with Crippen molar-refractivity contribution >= 4 is 40.6 Å². The average molecular weight is 683 g/mol. The number of hydrogen-bond acceptors (Lipinski definition) is 8. The van der Waals surface area contributed by atoms with Crippen LogP contribution in [0.1, 0.15) is 120 Å². The SMILES string of the molecule is C#CCCCON(C(=O)C[C@@H](C)CC)[C@H](C[C@@H](CC(C)=O)c1nc(C(=O)N[C@@H](Cc2ccc(N)cc2)CC(C)(C)C(=O)O)cs1)C(C)C. The number of thiazole rings is 1. The molecule has 0 fully saturated rings. The Kier molecular flexibility index (Phi) is 16.3. The molecule has 4 atom stereocenters. The molecule has 48 heavy (non-hydrogen) atoms. The van der Waals surface area contributed by atoms with Crippen molar-refractivity contribution in [3.8, 4) is 12.3 Å². The van der Waals surface area contributed by atoms with E-state index in [1.807, 2.05) is 39.8 Å². The summed E-state index contributed by atoms with van der Waals surface area (Å²) in [6.07, 6.45) is 8.97. The molecule has 2 rings (SSSR count). The number of carbonyl (C=O) groups excluding carboxylic acids is 3. The van der Waals surface area contributed by atoms with Gasteiger partial charge in [0.2, 0.25) is 5.91 Å². The second kappa shape index (κ2) is 19.3. The monoisotopic (exact) mass is 682 g/mol. The zero-order valence-electron chi connectivity index (χ0n) is 29.6. The quantitative estimate of drug-likeness (QED) is 0.0573. The highest BCUT2D eigenvalue weighted by Crippen LogP contribution is 2.33. The van der Waals surface area contributed by atoms with Crippen LogP contribution in [0.25, 0.3) is 0 Å². The number of terminal acetylenes is 1. The van der Waals surface area contributed by atoms with Gasteiger partial charge in [-0.1, -0.05) is 46.2 Å². The second-order valence-electron chi connectivity index (χ2n) is 13.8. The first kappa shape index (κ1) is 40.4. The third kappa shape index (κ3) is 13.0. The minimum Gasteiger partial charge on any atom is -0.481 e. The Balaban J connectivity index is 2.36. The maximum atomic E-state index is 13.6. The van der Waals surface area contributed by atoms with Crippen LogP contribution in [0.3, 0.4) is 0 Å². The molecule has 0 aliphatic rings. The molecule has 10 nitrogen and oxygen atoms in total. The van der Waals surface area contributed by atoms with E-state index in [2.05, 4.69) is 16.2 Å². The van der Waals surface area contributed by atoms with Crippen LogP contribution in [0.2, 0.25) is 0 Å². The molecule has 0 saturated carbocycles. The molecular formula is C37H54N4O6S. The van der Waals surface area contributed by atoms with Gasteiger partial charge in [0.1, 0.15) is 11.5 Å². The topological polar surface area (TPSA) is 152 Å². The fraction of sp³-hybridized carbons (Fsp3) is 0.595. The van der Waals surface area contributed by atoms with Crippen molar-refractivity contribution < 1.29 is 29.1 Å². The van der Waals surface area contributed by atoms with Crippen LogP contribution in [0.4, 0.5) is 5.69 Å². The lowest BCUT2D eigenvalue weighted by molar-refractivity contribution is -0.208. The fourth-order valence-corrected chi connectivity index (χ4v) is 6.34. The van der Waals surface area contributed by atoms with Crippen molar-refractivity contribution in [3.05, 3.63) is 45.9 Å². The number of Topliss-reactive ketones (excluding diaryl/α,β-unsaturated/α-hetero) is 1. The molecule has 1 aromatic carbocycles. The summed E-state index contributed by atoms with van der Waals surface area (Å²) in [4.78, 5) is 62.3. The lowest BCUT2D eigenvalue weighted by Gasteiger charge is -2.35. The van der Waals surface area contributed by atoms with Gasteiger partial charge in [0.15, 0.2) is 0 Å². The number of aliphatic carboxylic acids is 1. The van der Waals surface area contributed by atoms with Gasteiger partial charge in [-0.3, -0.25) is 19.2 Å². The normalized spacial score (nSPS) is 14.1. The number of rotatable bonds is 21. The number of carboxylic acids is 1. The third-order valence-electron chi connectivity index (χ3n) is 8.53. The zero-order valence-corrected chi connectivity index (χ0v) is 30.4. The van der Waals surface area contributed by atoms with Crippen LogP contribution in [0, 0.1) is 29.6 Å². The molecule has 264 valence electrons. The number of anilines is 1. The van der Waals surface area contributed by atoms with E-state index in [1.54, 1.807) is 31.4 Å². The van der Waals surface area contributed by atoms with E-state index in [4.69, 9.17) is 17.0 Å². The lowest BCUT2D eigenvalue weighted by Crippen LogP contribution is -2.45.